The van der Waals surface area contributed by atoms with Crippen molar-refractivity contribution < 1.29 is 9.32 Å². The maximum atomic E-state index is 12.4. The van der Waals surface area contributed by atoms with Crippen LogP contribution in [-0.4, -0.2) is 28.0 Å². The number of benzene rings is 1. The van der Waals surface area contributed by atoms with Crippen molar-refractivity contribution in [3.63, 3.8) is 0 Å². The monoisotopic (exact) mass is 333 g/mol. The summed E-state index contributed by atoms with van der Waals surface area (Å²) in [5.74, 6) is 0.856. The zero-order valence-electron chi connectivity index (χ0n) is 14.5. The van der Waals surface area contributed by atoms with E-state index in [9.17, 15) is 4.79 Å². The Labute approximate surface area is 146 Å². The summed E-state index contributed by atoms with van der Waals surface area (Å²) >= 11 is 0. The van der Waals surface area contributed by atoms with Crippen molar-refractivity contribution in [2.45, 2.75) is 26.3 Å². The van der Waals surface area contributed by atoms with Crippen LogP contribution in [0.5, 0.6) is 0 Å². The zero-order chi connectivity index (χ0) is 17.6. The number of likely N-dealkylation sites (N-methyl/N-ethyl adjacent to an activating group) is 1. The first kappa shape index (κ1) is 15.6. The Kier molecular flexibility index (Phi) is 3.64. The van der Waals surface area contributed by atoms with Gasteiger partial charge in [-0.15, -0.1) is 0 Å². The summed E-state index contributed by atoms with van der Waals surface area (Å²) in [6.45, 7) is 3.80. The van der Waals surface area contributed by atoms with Crippen LogP contribution < -0.4 is 0 Å². The molecule has 1 aromatic carbocycles. The molecule has 25 heavy (non-hydrogen) atoms. The predicted molar refractivity (Wildman–Crippen MR) is 94.0 cm³/mol. The van der Waals surface area contributed by atoms with E-state index < -0.39 is 0 Å². The first-order valence-corrected chi connectivity index (χ1v) is 8.30. The molecule has 3 aromatic rings. The highest BCUT2D eigenvalue weighted by atomic mass is 16.5. The lowest BCUT2D eigenvalue weighted by atomic mass is 9.91. The zero-order valence-corrected chi connectivity index (χ0v) is 14.5. The van der Waals surface area contributed by atoms with Crippen molar-refractivity contribution in [3.05, 3.63) is 70.7 Å². The third-order valence-corrected chi connectivity index (χ3v) is 4.80. The van der Waals surface area contributed by atoms with Gasteiger partial charge in [0.05, 0.1) is 35.1 Å². The van der Waals surface area contributed by atoms with Crippen LogP contribution in [0, 0.1) is 13.8 Å². The van der Waals surface area contributed by atoms with Crippen LogP contribution in [0.2, 0.25) is 0 Å². The second-order valence-electron chi connectivity index (χ2n) is 6.43. The molecule has 126 valence electrons. The molecule has 1 unspecified atom stereocenters. The highest BCUT2D eigenvalue weighted by molar-refractivity contribution is 5.82. The van der Waals surface area contributed by atoms with Crippen LogP contribution in [0.1, 0.15) is 34.3 Å². The lowest BCUT2D eigenvalue weighted by Crippen LogP contribution is -2.38. The minimum Gasteiger partial charge on any atom is -0.361 e. The van der Waals surface area contributed by atoms with Crippen molar-refractivity contribution in [1.82, 2.24) is 15.0 Å². The molecule has 0 spiro atoms. The minimum absolute atomic E-state index is 0.105. The number of aryl methyl sites for hydroxylation is 2. The quantitative estimate of drug-likeness (QED) is 0.720. The summed E-state index contributed by atoms with van der Waals surface area (Å²) in [4.78, 5) is 19.1. The average molecular weight is 333 g/mol. The second-order valence-corrected chi connectivity index (χ2v) is 6.43. The predicted octanol–water partition coefficient (Wildman–Crippen LogP) is 3.46. The normalized spacial score (nSPS) is 16.8. The fraction of sp³-hybridized carbons (Fsp3) is 0.250. The van der Waals surface area contributed by atoms with Crippen molar-refractivity contribution in [2.24, 2.45) is 0 Å². The van der Waals surface area contributed by atoms with E-state index in [0.29, 0.717) is 6.42 Å². The van der Waals surface area contributed by atoms with Gasteiger partial charge in [0.15, 0.2) is 0 Å². The fourth-order valence-corrected chi connectivity index (χ4v) is 3.51. The summed E-state index contributed by atoms with van der Waals surface area (Å²) < 4.78 is 5.29. The molecule has 3 heterocycles. The van der Waals surface area contributed by atoms with E-state index >= 15 is 0 Å². The number of rotatable bonds is 2. The molecular formula is C20H19N3O2. The molecule has 1 atom stereocenters. The van der Waals surface area contributed by atoms with Crippen molar-refractivity contribution in [3.8, 4) is 11.3 Å². The average Bonchev–Trinajstić information content (AvgIpc) is 2.95. The maximum Gasteiger partial charge on any atom is 0.227 e. The van der Waals surface area contributed by atoms with Gasteiger partial charge in [0.1, 0.15) is 5.76 Å². The van der Waals surface area contributed by atoms with Crippen LogP contribution in [0.4, 0.5) is 0 Å². The molecule has 5 nitrogen and oxygen atoms in total. The third kappa shape index (κ3) is 2.52. The minimum atomic E-state index is -0.183. The SMILES string of the molecule is Cc1noc(C)c1-c1ccc2c(n1)C(c1ccccc1)N(C)C(=O)C2. The molecule has 0 aliphatic carbocycles. The molecule has 5 heteroatoms. The third-order valence-electron chi connectivity index (χ3n) is 4.80. The number of pyridine rings is 1. The lowest BCUT2D eigenvalue weighted by molar-refractivity contribution is -0.131. The van der Waals surface area contributed by atoms with Crippen molar-refractivity contribution >= 4 is 5.91 Å². The summed E-state index contributed by atoms with van der Waals surface area (Å²) in [5, 5.41) is 4.03. The Hall–Kier alpha value is -2.95. The van der Waals surface area contributed by atoms with Gasteiger partial charge in [0, 0.05) is 7.05 Å². The van der Waals surface area contributed by atoms with Crippen molar-refractivity contribution in [2.75, 3.05) is 7.05 Å². The van der Waals surface area contributed by atoms with E-state index in [0.717, 1.165) is 39.5 Å². The van der Waals surface area contributed by atoms with E-state index in [1.165, 1.54) is 0 Å². The summed E-state index contributed by atoms with van der Waals surface area (Å²) in [6.07, 6.45) is 0.379. The van der Waals surface area contributed by atoms with Gasteiger partial charge in [0.2, 0.25) is 5.91 Å². The highest BCUT2D eigenvalue weighted by Crippen LogP contribution is 2.35. The number of carbonyl (C=O) groups excluding carboxylic acids is 1. The molecule has 1 aliphatic heterocycles. The van der Waals surface area contributed by atoms with Gasteiger partial charge in [-0.05, 0) is 31.0 Å². The Morgan fingerprint density at radius 2 is 1.88 bits per heavy atom. The Morgan fingerprint density at radius 3 is 2.56 bits per heavy atom. The maximum absolute atomic E-state index is 12.4. The molecule has 1 aliphatic rings. The standard InChI is InChI=1S/C20H19N3O2/c1-12-18(13(2)25-22-12)16-10-9-15-11-17(24)23(3)20(19(15)21-16)14-7-5-4-6-8-14/h4-10,20H,11H2,1-3H3. The van der Waals surface area contributed by atoms with Gasteiger partial charge in [0.25, 0.3) is 0 Å². The summed E-state index contributed by atoms with van der Waals surface area (Å²) in [7, 11) is 1.84. The number of fused-ring (bicyclic) bond motifs is 1. The number of carbonyl (C=O) groups is 1. The van der Waals surface area contributed by atoms with E-state index in [4.69, 9.17) is 9.51 Å². The molecule has 0 bridgehead atoms. The number of hydrogen-bond donors (Lipinski definition) is 0. The van der Waals surface area contributed by atoms with E-state index in [-0.39, 0.29) is 11.9 Å². The smallest absolute Gasteiger partial charge is 0.227 e. The largest absolute Gasteiger partial charge is 0.361 e. The van der Waals surface area contributed by atoms with Gasteiger partial charge in [-0.2, -0.15) is 0 Å². The van der Waals surface area contributed by atoms with E-state index in [1.54, 1.807) is 4.90 Å². The molecule has 2 aromatic heterocycles. The van der Waals surface area contributed by atoms with Crippen LogP contribution in [0.25, 0.3) is 11.3 Å². The molecule has 0 radical (unpaired) electrons. The van der Waals surface area contributed by atoms with Crippen LogP contribution in [0.3, 0.4) is 0 Å². The van der Waals surface area contributed by atoms with Crippen LogP contribution >= 0.6 is 0 Å². The number of aromatic nitrogens is 2. The van der Waals surface area contributed by atoms with Crippen LogP contribution in [0.15, 0.2) is 47.0 Å². The second kappa shape index (κ2) is 5.84. The number of amides is 1. The molecule has 4 rings (SSSR count). The molecule has 0 fully saturated rings. The number of hydrogen-bond acceptors (Lipinski definition) is 4. The molecule has 0 N–H and O–H groups in total. The van der Waals surface area contributed by atoms with Gasteiger partial charge < -0.3 is 9.42 Å². The molecule has 1 amide bonds. The van der Waals surface area contributed by atoms with Crippen molar-refractivity contribution in [1.29, 1.82) is 0 Å². The Morgan fingerprint density at radius 1 is 1.12 bits per heavy atom. The fourth-order valence-electron chi connectivity index (χ4n) is 3.51. The lowest BCUT2D eigenvalue weighted by Gasteiger charge is -2.34. The number of nitrogens with zero attached hydrogens (tertiary/aromatic N) is 3. The first-order valence-electron chi connectivity index (χ1n) is 8.30. The van der Waals surface area contributed by atoms with Gasteiger partial charge in [-0.25, -0.2) is 4.98 Å². The molecule has 0 saturated carbocycles. The molecular weight excluding hydrogens is 314 g/mol. The van der Waals surface area contributed by atoms with E-state index in [2.05, 4.69) is 5.16 Å². The first-order chi connectivity index (χ1) is 12.1. The van der Waals surface area contributed by atoms with E-state index in [1.807, 2.05) is 63.4 Å². The topological polar surface area (TPSA) is 59.2 Å². The van der Waals surface area contributed by atoms with Gasteiger partial charge in [-0.1, -0.05) is 41.6 Å². The summed E-state index contributed by atoms with van der Waals surface area (Å²) in [6, 6.07) is 13.8. The van der Waals surface area contributed by atoms with Crippen LogP contribution in [-0.2, 0) is 11.2 Å². The van der Waals surface area contributed by atoms with Gasteiger partial charge in [-0.3, -0.25) is 4.79 Å². The summed E-state index contributed by atoms with van der Waals surface area (Å²) in [5.41, 5.74) is 5.54. The Bertz CT molecular complexity index is 927. The molecule has 0 saturated heterocycles. The Balaban J connectivity index is 1.90. The highest BCUT2D eigenvalue weighted by Gasteiger charge is 2.32. The van der Waals surface area contributed by atoms with Gasteiger partial charge >= 0.3 is 0 Å².